The molecular formula is C20H25BrN4. The second kappa shape index (κ2) is 7.91. The average Bonchev–Trinajstić information content (AvgIpc) is 3.06. The van der Waals surface area contributed by atoms with Crippen molar-refractivity contribution in [3.05, 3.63) is 58.1 Å². The summed E-state index contributed by atoms with van der Waals surface area (Å²) in [6, 6.07) is 14.7. The quantitative estimate of drug-likeness (QED) is 0.593. The number of anilines is 2. The summed E-state index contributed by atoms with van der Waals surface area (Å²) in [5.74, 6) is 1.04. The molecule has 1 saturated heterocycles. The zero-order valence-electron chi connectivity index (χ0n) is 14.8. The summed E-state index contributed by atoms with van der Waals surface area (Å²) in [6.45, 7) is 7.07. The van der Waals surface area contributed by atoms with Crippen LogP contribution in [-0.4, -0.2) is 25.6 Å². The molecule has 0 aromatic heterocycles. The van der Waals surface area contributed by atoms with Crippen molar-refractivity contribution in [2.45, 2.75) is 20.3 Å². The second-order valence-corrected chi connectivity index (χ2v) is 7.64. The molecule has 0 saturated carbocycles. The molecule has 5 heteroatoms. The van der Waals surface area contributed by atoms with Crippen LogP contribution in [-0.2, 0) is 0 Å². The van der Waals surface area contributed by atoms with Gasteiger partial charge < -0.3 is 16.0 Å². The Balaban J connectivity index is 1.53. The van der Waals surface area contributed by atoms with E-state index in [1.165, 1.54) is 16.8 Å². The van der Waals surface area contributed by atoms with Crippen LogP contribution in [0.2, 0.25) is 0 Å². The summed E-state index contributed by atoms with van der Waals surface area (Å²) in [5.41, 5.74) is 10.8. The van der Waals surface area contributed by atoms with Gasteiger partial charge >= 0.3 is 0 Å². The lowest BCUT2D eigenvalue weighted by atomic mass is 10.1. The fourth-order valence-corrected chi connectivity index (χ4v) is 3.37. The average molecular weight is 401 g/mol. The Morgan fingerprint density at radius 2 is 1.96 bits per heavy atom. The largest absolute Gasteiger partial charge is 0.371 e. The van der Waals surface area contributed by atoms with E-state index in [1.807, 2.05) is 6.07 Å². The minimum absolute atomic E-state index is 0.491. The predicted octanol–water partition coefficient (Wildman–Crippen LogP) is 4.32. The van der Waals surface area contributed by atoms with E-state index in [2.05, 4.69) is 81.4 Å². The Kier molecular flexibility index (Phi) is 5.63. The monoisotopic (exact) mass is 400 g/mol. The zero-order chi connectivity index (χ0) is 17.8. The van der Waals surface area contributed by atoms with Crippen LogP contribution in [0.25, 0.3) is 0 Å². The molecule has 4 nitrogen and oxygen atoms in total. The predicted molar refractivity (Wildman–Crippen MR) is 110 cm³/mol. The van der Waals surface area contributed by atoms with Crippen molar-refractivity contribution in [2.24, 2.45) is 16.6 Å². The van der Waals surface area contributed by atoms with Gasteiger partial charge in [0.1, 0.15) is 0 Å². The highest BCUT2D eigenvalue weighted by atomic mass is 79.9. The molecule has 1 fully saturated rings. The molecule has 0 bridgehead atoms. The van der Waals surface area contributed by atoms with Crippen LogP contribution >= 0.6 is 15.9 Å². The number of rotatable bonds is 4. The summed E-state index contributed by atoms with van der Waals surface area (Å²) in [4.78, 5) is 6.96. The van der Waals surface area contributed by atoms with E-state index >= 15 is 0 Å². The lowest BCUT2D eigenvalue weighted by Gasteiger charge is -2.18. The van der Waals surface area contributed by atoms with Crippen LogP contribution < -0.4 is 16.0 Å². The molecule has 3 N–H and O–H groups in total. The van der Waals surface area contributed by atoms with Gasteiger partial charge in [-0.05, 0) is 73.7 Å². The molecule has 132 valence electrons. The summed E-state index contributed by atoms with van der Waals surface area (Å²) in [6.07, 6.45) is 1.15. The number of halogens is 1. The van der Waals surface area contributed by atoms with E-state index < -0.39 is 0 Å². The second-order valence-electron chi connectivity index (χ2n) is 6.73. The first-order valence-electron chi connectivity index (χ1n) is 8.66. The van der Waals surface area contributed by atoms with E-state index in [-0.39, 0.29) is 0 Å². The molecule has 1 atom stereocenters. The number of aryl methyl sites for hydroxylation is 2. The highest BCUT2D eigenvalue weighted by Crippen LogP contribution is 2.25. The van der Waals surface area contributed by atoms with Gasteiger partial charge in [-0.1, -0.05) is 22.0 Å². The van der Waals surface area contributed by atoms with Crippen LogP contribution in [0.15, 0.2) is 51.9 Å². The molecule has 1 aliphatic heterocycles. The van der Waals surface area contributed by atoms with E-state index in [4.69, 9.17) is 5.73 Å². The Labute approximate surface area is 158 Å². The molecule has 0 aliphatic carbocycles. The third-order valence-corrected chi connectivity index (χ3v) is 5.31. The first-order valence-corrected chi connectivity index (χ1v) is 9.45. The van der Waals surface area contributed by atoms with E-state index in [0.29, 0.717) is 11.9 Å². The maximum atomic E-state index is 6.05. The highest BCUT2D eigenvalue weighted by molar-refractivity contribution is 9.10. The zero-order valence-corrected chi connectivity index (χ0v) is 16.4. The van der Waals surface area contributed by atoms with Crippen LogP contribution in [0, 0.1) is 19.8 Å². The van der Waals surface area contributed by atoms with Gasteiger partial charge in [-0.15, -0.1) is 0 Å². The van der Waals surface area contributed by atoms with Crippen molar-refractivity contribution in [1.82, 2.24) is 0 Å². The molecule has 2 aromatic carbocycles. The third-order valence-electron chi connectivity index (χ3n) is 4.78. The normalized spacial score (nSPS) is 17.8. The molecule has 3 rings (SSSR count). The Morgan fingerprint density at radius 3 is 2.68 bits per heavy atom. The number of nitrogens with one attached hydrogen (secondary N) is 1. The maximum Gasteiger partial charge on any atom is 0.193 e. The lowest BCUT2D eigenvalue weighted by Crippen LogP contribution is -2.25. The smallest absolute Gasteiger partial charge is 0.193 e. The van der Waals surface area contributed by atoms with Crippen molar-refractivity contribution in [3.63, 3.8) is 0 Å². The molecule has 1 heterocycles. The standard InChI is InChI=1S/C20H25BrN4/c1-14-3-6-18(11-15(14)2)24-20(22)23-12-16-9-10-25(13-16)19-7-4-17(21)5-8-19/h3-8,11,16H,9-10,12-13H2,1-2H3,(H3,22,23,24). The van der Waals surface area contributed by atoms with Gasteiger partial charge in [0.05, 0.1) is 0 Å². The number of hydrogen-bond acceptors (Lipinski definition) is 2. The van der Waals surface area contributed by atoms with Gasteiger partial charge in [-0.25, -0.2) is 0 Å². The number of aliphatic imine (C=N–C) groups is 1. The molecular weight excluding hydrogens is 376 g/mol. The van der Waals surface area contributed by atoms with Crippen LogP contribution in [0.5, 0.6) is 0 Å². The number of hydrogen-bond donors (Lipinski definition) is 2. The van der Waals surface area contributed by atoms with Gasteiger partial charge in [-0.2, -0.15) is 0 Å². The van der Waals surface area contributed by atoms with Crippen LogP contribution in [0.3, 0.4) is 0 Å². The van der Waals surface area contributed by atoms with Crippen molar-refractivity contribution in [2.75, 3.05) is 29.9 Å². The topological polar surface area (TPSA) is 53.6 Å². The van der Waals surface area contributed by atoms with Gasteiger partial charge in [0.15, 0.2) is 5.96 Å². The number of guanidine groups is 1. The van der Waals surface area contributed by atoms with Crippen LogP contribution in [0.4, 0.5) is 11.4 Å². The molecule has 0 amide bonds. The minimum atomic E-state index is 0.491. The number of nitrogens with two attached hydrogens (primary N) is 1. The summed E-state index contributed by atoms with van der Waals surface area (Å²) in [7, 11) is 0. The van der Waals surface area contributed by atoms with Gasteiger partial charge in [0.25, 0.3) is 0 Å². The summed E-state index contributed by atoms with van der Waals surface area (Å²) < 4.78 is 1.11. The van der Waals surface area contributed by atoms with Crippen LogP contribution in [0.1, 0.15) is 17.5 Å². The fourth-order valence-electron chi connectivity index (χ4n) is 3.10. The molecule has 1 aliphatic rings. The molecule has 2 aromatic rings. The van der Waals surface area contributed by atoms with Crippen molar-refractivity contribution in [3.8, 4) is 0 Å². The molecule has 0 radical (unpaired) electrons. The Bertz CT molecular complexity index is 755. The Morgan fingerprint density at radius 1 is 1.20 bits per heavy atom. The number of nitrogens with zero attached hydrogens (tertiary/aromatic N) is 2. The van der Waals surface area contributed by atoms with Crippen molar-refractivity contribution < 1.29 is 0 Å². The van der Waals surface area contributed by atoms with E-state index in [0.717, 1.165) is 36.2 Å². The maximum absolute atomic E-state index is 6.05. The van der Waals surface area contributed by atoms with Gasteiger partial charge in [0.2, 0.25) is 0 Å². The third kappa shape index (κ3) is 4.75. The molecule has 25 heavy (non-hydrogen) atoms. The van der Waals surface area contributed by atoms with Crippen molar-refractivity contribution >= 4 is 33.3 Å². The summed E-state index contributed by atoms with van der Waals surface area (Å²) >= 11 is 3.49. The van der Waals surface area contributed by atoms with E-state index in [1.54, 1.807) is 0 Å². The Hall–Kier alpha value is -2.01. The molecule has 0 spiro atoms. The highest BCUT2D eigenvalue weighted by Gasteiger charge is 2.22. The van der Waals surface area contributed by atoms with Crippen molar-refractivity contribution in [1.29, 1.82) is 0 Å². The van der Waals surface area contributed by atoms with E-state index in [9.17, 15) is 0 Å². The first kappa shape index (κ1) is 17.8. The number of benzene rings is 2. The lowest BCUT2D eigenvalue weighted by molar-refractivity contribution is 0.603. The summed E-state index contributed by atoms with van der Waals surface area (Å²) in [5, 5.41) is 3.19. The van der Waals surface area contributed by atoms with Gasteiger partial charge in [-0.3, -0.25) is 4.99 Å². The SMILES string of the molecule is Cc1ccc(NC(N)=NCC2CCN(c3ccc(Br)cc3)C2)cc1C. The minimum Gasteiger partial charge on any atom is -0.371 e. The first-order chi connectivity index (χ1) is 12.0. The van der Waals surface area contributed by atoms with Gasteiger partial charge in [0, 0.05) is 35.5 Å². The molecule has 1 unspecified atom stereocenters. The fraction of sp³-hybridized carbons (Fsp3) is 0.350.